The van der Waals surface area contributed by atoms with Crippen molar-refractivity contribution in [3.63, 3.8) is 0 Å². The van der Waals surface area contributed by atoms with Gasteiger partial charge in [-0.2, -0.15) is 0 Å². The van der Waals surface area contributed by atoms with Gasteiger partial charge < -0.3 is 26.5 Å². The van der Waals surface area contributed by atoms with Gasteiger partial charge in [-0.05, 0) is 43.2 Å². The summed E-state index contributed by atoms with van der Waals surface area (Å²) in [7, 11) is 0. The molecule has 10 heteroatoms. The van der Waals surface area contributed by atoms with Crippen molar-refractivity contribution in [1.29, 1.82) is 0 Å². The number of hydrogen-bond donors (Lipinski definition) is 6. The number of hydrogen-bond acceptors (Lipinski definition) is 5. The maximum Gasteiger partial charge on any atom is 0.320 e. The molecule has 2 rings (SSSR count). The molecule has 35 heavy (non-hydrogen) atoms. The van der Waals surface area contributed by atoms with Crippen molar-refractivity contribution in [2.24, 2.45) is 17.6 Å². The van der Waals surface area contributed by atoms with Gasteiger partial charge in [0.1, 0.15) is 18.1 Å². The van der Waals surface area contributed by atoms with E-state index in [2.05, 4.69) is 20.9 Å². The summed E-state index contributed by atoms with van der Waals surface area (Å²) in [5.74, 6) is -2.93. The highest BCUT2D eigenvalue weighted by Crippen LogP contribution is 2.19. The van der Waals surface area contributed by atoms with Crippen LogP contribution in [0.4, 0.5) is 0 Å². The first kappa shape index (κ1) is 27.8. The number of carbonyl (C=O) groups excluding carboxylic acids is 3. The predicted octanol–water partition coefficient (Wildman–Crippen LogP) is 1.30. The van der Waals surface area contributed by atoms with Gasteiger partial charge in [0.15, 0.2) is 0 Å². The molecule has 192 valence electrons. The molecule has 1 heterocycles. The van der Waals surface area contributed by atoms with E-state index in [0.717, 1.165) is 16.5 Å². The zero-order chi connectivity index (χ0) is 26.3. The molecule has 1 aromatic heterocycles. The van der Waals surface area contributed by atoms with Crippen LogP contribution in [0.3, 0.4) is 0 Å². The quantitative estimate of drug-likeness (QED) is 0.249. The van der Waals surface area contributed by atoms with Crippen molar-refractivity contribution < 1.29 is 24.3 Å². The largest absolute Gasteiger partial charge is 0.480 e. The average molecular weight is 488 g/mol. The van der Waals surface area contributed by atoms with Crippen LogP contribution >= 0.6 is 0 Å². The molecule has 4 atom stereocenters. The van der Waals surface area contributed by atoms with Gasteiger partial charge in [0.25, 0.3) is 0 Å². The van der Waals surface area contributed by atoms with Gasteiger partial charge in [-0.1, -0.05) is 45.9 Å². The number of carboxylic acid groups (broad SMARTS) is 1. The van der Waals surface area contributed by atoms with Crippen LogP contribution in [0.2, 0.25) is 0 Å². The van der Waals surface area contributed by atoms with E-state index in [1.165, 1.54) is 6.92 Å². The summed E-state index contributed by atoms with van der Waals surface area (Å²) in [5, 5.41) is 18.6. The van der Waals surface area contributed by atoms with E-state index in [0.29, 0.717) is 6.42 Å². The Labute approximate surface area is 205 Å². The molecule has 2 aromatic rings. The minimum absolute atomic E-state index is 0.0649. The second kappa shape index (κ2) is 12.3. The molecule has 1 aromatic carbocycles. The van der Waals surface area contributed by atoms with Crippen LogP contribution in [-0.4, -0.2) is 57.9 Å². The summed E-state index contributed by atoms with van der Waals surface area (Å²) in [5.41, 5.74) is 7.17. The number of carboxylic acids is 1. The number of H-pyrrole nitrogens is 1. The van der Waals surface area contributed by atoms with E-state index in [4.69, 9.17) is 5.73 Å². The average Bonchev–Trinajstić information content (AvgIpc) is 3.18. The fraction of sp³-hybridized carbons (Fsp3) is 0.520. The lowest BCUT2D eigenvalue weighted by Gasteiger charge is -2.27. The molecule has 0 aliphatic rings. The number of nitrogens with one attached hydrogen (secondary N) is 4. The monoisotopic (exact) mass is 487 g/mol. The molecule has 0 fully saturated rings. The van der Waals surface area contributed by atoms with Crippen LogP contribution in [0.1, 0.15) is 46.6 Å². The van der Waals surface area contributed by atoms with Gasteiger partial charge >= 0.3 is 5.97 Å². The van der Waals surface area contributed by atoms with Crippen LogP contribution in [0.5, 0.6) is 0 Å². The molecule has 7 N–H and O–H groups in total. The van der Waals surface area contributed by atoms with E-state index in [-0.39, 0.29) is 18.3 Å². The fourth-order valence-electron chi connectivity index (χ4n) is 3.92. The number of rotatable bonds is 13. The third-order valence-corrected chi connectivity index (χ3v) is 5.85. The molecule has 0 aliphatic heterocycles. The predicted molar refractivity (Wildman–Crippen MR) is 133 cm³/mol. The summed E-state index contributed by atoms with van der Waals surface area (Å²) >= 11 is 0. The molecule has 1 unspecified atom stereocenters. The van der Waals surface area contributed by atoms with Gasteiger partial charge in [-0.25, -0.2) is 0 Å². The second-order valence-corrected chi connectivity index (χ2v) is 9.67. The molecule has 0 saturated carbocycles. The standard InChI is InChI=1S/C25H37N5O5/c1-13(2)10-19(24(33)30-21(14(3)4)22(26)31)29-23(32)20(28-15(5)25(34)35)11-16-12-27-18-9-7-6-8-17(16)18/h6-9,12-15,19-21,27-28H,10-11H2,1-5H3,(H2,26,31)(H,29,32)(H,30,33)(H,34,35)/t15?,19-,20-,21-/m0/s1. The smallest absolute Gasteiger partial charge is 0.320 e. The van der Waals surface area contributed by atoms with Crippen LogP contribution in [0, 0.1) is 11.8 Å². The van der Waals surface area contributed by atoms with Crippen molar-refractivity contribution in [1.82, 2.24) is 20.9 Å². The molecule has 3 amide bonds. The normalized spacial score (nSPS) is 14.9. The molecule has 0 radical (unpaired) electrons. The van der Waals surface area contributed by atoms with E-state index in [9.17, 15) is 24.3 Å². The topological polar surface area (TPSA) is 166 Å². The Morgan fingerprint density at radius 1 is 0.971 bits per heavy atom. The zero-order valence-electron chi connectivity index (χ0n) is 20.9. The van der Waals surface area contributed by atoms with Crippen molar-refractivity contribution in [2.75, 3.05) is 0 Å². The van der Waals surface area contributed by atoms with Crippen molar-refractivity contribution in [3.05, 3.63) is 36.0 Å². The maximum absolute atomic E-state index is 13.4. The lowest BCUT2D eigenvalue weighted by Crippen LogP contribution is -2.58. The number of nitrogens with two attached hydrogens (primary N) is 1. The Kier molecular flexibility index (Phi) is 9.82. The highest BCUT2D eigenvalue weighted by molar-refractivity contribution is 5.93. The molecular formula is C25H37N5O5. The first-order chi connectivity index (χ1) is 16.4. The van der Waals surface area contributed by atoms with Gasteiger partial charge in [0, 0.05) is 17.1 Å². The van der Waals surface area contributed by atoms with Crippen LogP contribution in [0.25, 0.3) is 10.9 Å². The maximum atomic E-state index is 13.4. The number of primary amides is 1. The van der Waals surface area contributed by atoms with E-state index in [1.54, 1.807) is 20.0 Å². The van der Waals surface area contributed by atoms with E-state index in [1.807, 2.05) is 38.1 Å². The number of aromatic nitrogens is 1. The highest BCUT2D eigenvalue weighted by Gasteiger charge is 2.31. The summed E-state index contributed by atoms with van der Waals surface area (Å²) < 4.78 is 0. The molecule has 0 bridgehead atoms. The van der Waals surface area contributed by atoms with Crippen LogP contribution in [0.15, 0.2) is 30.5 Å². The van der Waals surface area contributed by atoms with Crippen LogP contribution < -0.4 is 21.7 Å². The third kappa shape index (κ3) is 7.81. The van der Waals surface area contributed by atoms with Gasteiger partial charge in [0.2, 0.25) is 17.7 Å². The van der Waals surface area contributed by atoms with Gasteiger partial charge in [-0.15, -0.1) is 0 Å². The Balaban J connectivity index is 2.28. The number of para-hydroxylation sites is 1. The third-order valence-electron chi connectivity index (χ3n) is 5.85. The summed E-state index contributed by atoms with van der Waals surface area (Å²) in [4.78, 5) is 52.8. The minimum Gasteiger partial charge on any atom is -0.480 e. The Hall–Kier alpha value is -3.40. The van der Waals surface area contributed by atoms with Gasteiger partial charge in [0.05, 0.1) is 6.04 Å². The summed E-state index contributed by atoms with van der Waals surface area (Å²) in [6.45, 7) is 8.81. The Morgan fingerprint density at radius 2 is 1.60 bits per heavy atom. The Morgan fingerprint density at radius 3 is 2.17 bits per heavy atom. The van der Waals surface area contributed by atoms with Crippen molar-refractivity contribution >= 4 is 34.6 Å². The molecule has 0 saturated heterocycles. The number of fused-ring (bicyclic) bond motifs is 1. The number of benzene rings is 1. The van der Waals surface area contributed by atoms with Crippen molar-refractivity contribution in [2.45, 2.75) is 71.6 Å². The lowest BCUT2D eigenvalue weighted by atomic mass is 9.99. The Bertz CT molecular complexity index is 1050. The number of amides is 3. The van der Waals surface area contributed by atoms with Crippen molar-refractivity contribution in [3.8, 4) is 0 Å². The van der Waals surface area contributed by atoms with Gasteiger partial charge in [-0.3, -0.25) is 24.5 Å². The van der Waals surface area contributed by atoms with Crippen LogP contribution in [-0.2, 0) is 25.6 Å². The summed E-state index contributed by atoms with van der Waals surface area (Å²) in [6.07, 6.45) is 2.32. The second-order valence-electron chi connectivity index (χ2n) is 9.67. The molecule has 10 nitrogen and oxygen atoms in total. The number of aromatic amines is 1. The number of carbonyl (C=O) groups is 4. The highest BCUT2D eigenvalue weighted by atomic mass is 16.4. The SMILES string of the molecule is CC(C)C[C@H](NC(=O)[C@H](Cc1c[nH]c2ccccc12)NC(C)C(=O)O)C(=O)N[C@H](C(N)=O)C(C)C. The fourth-order valence-corrected chi connectivity index (χ4v) is 3.92. The lowest BCUT2D eigenvalue weighted by molar-refractivity contribution is -0.139. The molecular weight excluding hydrogens is 450 g/mol. The molecule has 0 aliphatic carbocycles. The van der Waals surface area contributed by atoms with E-state index < -0.39 is 47.9 Å². The minimum atomic E-state index is -1.10. The first-order valence-corrected chi connectivity index (χ1v) is 11.8. The first-order valence-electron chi connectivity index (χ1n) is 11.8. The molecule has 0 spiro atoms. The zero-order valence-corrected chi connectivity index (χ0v) is 20.9. The summed E-state index contributed by atoms with van der Waals surface area (Å²) in [6, 6.07) is 3.90. The van der Waals surface area contributed by atoms with E-state index >= 15 is 0 Å². The number of aliphatic carboxylic acids is 1.